The van der Waals surface area contributed by atoms with Gasteiger partial charge >= 0.3 is 35.5 Å². The van der Waals surface area contributed by atoms with Gasteiger partial charge in [-0.05, 0) is 6.92 Å². The number of carboxylic acids is 1. The van der Waals surface area contributed by atoms with Crippen LogP contribution < -0.4 is 34.7 Å². The maximum absolute atomic E-state index is 12.5. The number of cyclic esters (lactones) is 1. The van der Waals surface area contributed by atoms with Crippen molar-refractivity contribution in [3.05, 3.63) is 10.7 Å². The molecule has 0 spiro atoms. The van der Waals surface area contributed by atoms with Gasteiger partial charge < -0.3 is 19.5 Å². The van der Waals surface area contributed by atoms with Gasteiger partial charge in [-0.1, -0.05) is 35.4 Å². The van der Waals surface area contributed by atoms with Crippen molar-refractivity contribution in [2.24, 2.45) is 0 Å². The third-order valence-corrected chi connectivity index (χ3v) is 3.79. The molecule has 8 nitrogen and oxygen atoms in total. The van der Waals surface area contributed by atoms with Crippen molar-refractivity contribution in [3.8, 4) is 0 Å². The van der Waals surface area contributed by atoms with E-state index in [2.05, 4.69) is 0 Å². The van der Waals surface area contributed by atoms with E-state index in [1.807, 2.05) is 0 Å². The molecule has 0 aromatic heterocycles. The first-order chi connectivity index (χ1) is 10.7. The van der Waals surface area contributed by atoms with Crippen molar-refractivity contribution < 1.29 is 58.6 Å². The fourth-order valence-corrected chi connectivity index (χ4v) is 2.72. The number of nitrogens with zero attached hydrogens (tertiary/aromatic N) is 2. The smallest absolute Gasteiger partial charge is 0.544 e. The zero-order chi connectivity index (χ0) is 17.4. The first kappa shape index (κ1) is 21.6. The Morgan fingerprint density at radius 2 is 2.12 bits per heavy atom. The molecule has 2 saturated heterocycles. The molecule has 12 heteroatoms. The minimum Gasteiger partial charge on any atom is -0.544 e. The number of ether oxygens (including phenoxy) is 1. The van der Waals surface area contributed by atoms with Gasteiger partial charge in [0.25, 0.3) is 11.6 Å². The van der Waals surface area contributed by atoms with Crippen molar-refractivity contribution in [2.75, 3.05) is 6.61 Å². The number of carbonyl (C=O) groups is 3. The summed E-state index contributed by atoms with van der Waals surface area (Å²) >= 11 is 16.2. The summed E-state index contributed by atoms with van der Waals surface area (Å²) < 4.78 is 4.64. The molecular formula is C12H11Cl2N2NaO6S. The number of carbonyl (C=O) groups excluding carboxylic acids is 3. The molecule has 126 valence electrons. The van der Waals surface area contributed by atoms with E-state index in [-0.39, 0.29) is 58.5 Å². The summed E-state index contributed by atoms with van der Waals surface area (Å²) in [5, 5.41) is 11.9. The van der Waals surface area contributed by atoms with Crippen LogP contribution in [0.15, 0.2) is 10.7 Å². The largest absolute Gasteiger partial charge is 1.00 e. The Balaban J connectivity index is 0.00000288. The Labute approximate surface area is 174 Å². The summed E-state index contributed by atoms with van der Waals surface area (Å²) in [4.78, 5) is 42.0. The third-order valence-electron chi connectivity index (χ3n) is 3.38. The maximum Gasteiger partial charge on any atom is 1.00 e. The molecule has 1 unspecified atom stereocenters. The van der Waals surface area contributed by atoms with Gasteiger partial charge in [-0.25, -0.2) is 0 Å². The van der Waals surface area contributed by atoms with E-state index in [1.54, 1.807) is 0 Å². The van der Waals surface area contributed by atoms with E-state index >= 15 is 0 Å². The Kier molecular flexibility index (Phi) is 7.48. The molecule has 0 aromatic rings. The average molecular weight is 405 g/mol. The Morgan fingerprint density at radius 3 is 2.54 bits per heavy atom. The van der Waals surface area contributed by atoms with Crippen LogP contribution in [0.2, 0.25) is 0 Å². The molecule has 24 heavy (non-hydrogen) atoms. The van der Waals surface area contributed by atoms with Gasteiger partial charge in [-0.3, -0.25) is 14.4 Å². The van der Waals surface area contributed by atoms with Gasteiger partial charge in [-0.15, -0.1) is 0 Å². The topological polar surface area (TPSA) is 99.2 Å². The predicted octanol–water partition coefficient (Wildman–Crippen LogP) is -3.16. The maximum atomic E-state index is 12.5. The quantitative estimate of drug-likeness (QED) is 0.275. The third kappa shape index (κ3) is 4.04. The van der Waals surface area contributed by atoms with Gasteiger partial charge in [0.15, 0.2) is 0 Å². The van der Waals surface area contributed by atoms with Crippen LogP contribution in [0.1, 0.15) is 19.8 Å². The molecule has 0 N–H and O–H groups in total. The van der Waals surface area contributed by atoms with Gasteiger partial charge in [0.2, 0.25) is 0 Å². The second kappa shape index (κ2) is 8.31. The fourth-order valence-electron chi connectivity index (χ4n) is 2.33. The van der Waals surface area contributed by atoms with Crippen molar-refractivity contribution in [2.45, 2.75) is 31.5 Å². The molecule has 2 rings (SSSR count). The first-order valence-electron chi connectivity index (χ1n) is 6.41. The molecule has 0 aromatic carbocycles. The standard InChI is InChI=1S/C12H12Cl2N2O6S.Na/c1-6(23)15(4-8(13)14)7-5-21-16(10(7)18)12(11(19)20)3-2-9(17)22-12;/h4,7H,2-3,5H2,1H3,(H,19,20);/q;+1/p-1/t7-,12?;/m0./s1. The van der Waals surface area contributed by atoms with Crippen LogP contribution in [0.25, 0.3) is 0 Å². The van der Waals surface area contributed by atoms with Crippen molar-refractivity contribution in [1.82, 2.24) is 9.96 Å². The van der Waals surface area contributed by atoms with E-state index < -0.39 is 29.6 Å². The first-order valence-corrected chi connectivity index (χ1v) is 7.57. The molecule has 2 fully saturated rings. The van der Waals surface area contributed by atoms with Crippen LogP contribution >= 0.6 is 35.4 Å². The molecule has 0 aliphatic carbocycles. The van der Waals surface area contributed by atoms with Crippen molar-refractivity contribution in [1.29, 1.82) is 0 Å². The number of aliphatic carboxylic acids is 1. The summed E-state index contributed by atoms with van der Waals surface area (Å²) in [7, 11) is 0. The van der Waals surface area contributed by atoms with Crippen molar-refractivity contribution in [3.63, 3.8) is 0 Å². The van der Waals surface area contributed by atoms with E-state index in [9.17, 15) is 19.5 Å². The summed E-state index contributed by atoms with van der Waals surface area (Å²) in [6.45, 7) is 1.31. The molecule has 2 aliphatic heterocycles. The van der Waals surface area contributed by atoms with Crippen LogP contribution in [0, 0.1) is 0 Å². The number of hydroxylamine groups is 2. The summed E-state index contributed by atoms with van der Waals surface area (Å²) in [5.74, 6) is -3.27. The number of rotatable bonds is 4. The monoisotopic (exact) mass is 404 g/mol. The molecule has 0 saturated carbocycles. The second-order valence-electron chi connectivity index (χ2n) is 4.84. The zero-order valence-electron chi connectivity index (χ0n) is 12.8. The number of hydrogen-bond acceptors (Lipinski definition) is 7. The molecule has 0 radical (unpaired) electrons. The van der Waals surface area contributed by atoms with E-state index in [0.717, 1.165) is 0 Å². The Morgan fingerprint density at radius 1 is 1.50 bits per heavy atom. The number of esters is 1. The number of amides is 1. The summed E-state index contributed by atoms with van der Waals surface area (Å²) in [6.07, 6.45) is 0.775. The van der Waals surface area contributed by atoms with Gasteiger partial charge in [0.05, 0.1) is 11.4 Å². The van der Waals surface area contributed by atoms with Crippen molar-refractivity contribution >= 4 is 58.3 Å². The Bertz CT molecular complexity index is 614. The summed E-state index contributed by atoms with van der Waals surface area (Å²) in [6, 6.07) is -0.990. The molecule has 1 amide bonds. The zero-order valence-corrected chi connectivity index (χ0v) is 17.1. The second-order valence-corrected chi connectivity index (χ2v) is 6.43. The predicted molar refractivity (Wildman–Crippen MR) is 79.6 cm³/mol. The average Bonchev–Trinajstić information content (AvgIpc) is 3.00. The SMILES string of the molecule is CC(=S)N(C=C(Cl)Cl)[C@H]1CON(C2(C(=O)[O-])CCC(=O)O2)C1=O.[Na+]. The van der Waals surface area contributed by atoms with E-state index in [0.29, 0.717) is 5.06 Å². The summed E-state index contributed by atoms with van der Waals surface area (Å²) in [5.41, 5.74) is -2.28. The molecule has 2 heterocycles. The van der Waals surface area contributed by atoms with Crippen LogP contribution in [-0.4, -0.2) is 51.2 Å². The molecule has 2 atom stereocenters. The van der Waals surface area contributed by atoms with Crippen LogP contribution in [0.4, 0.5) is 0 Å². The Hall–Kier alpha value is -0.420. The van der Waals surface area contributed by atoms with Crippen LogP contribution in [0.3, 0.4) is 0 Å². The van der Waals surface area contributed by atoms with Gasteiger partial charge in [-0.2, -0.15) is 5.06 Å². The fraction of sp³-hybridized carbons (Fsp3) is 0.500. The minimum absolute atomic E-state index is 0. The van der Waals surface area contributed by atoms with Crippen LogP contribution in [0.5, 0.6) is 0 Å². The number of hydrogen-bond donors (Lipinski definition) is 0. The molecular weight excluding hydrogens is 394 g/mol. The number of carboxylic acid groups (broad SMARTS) is 1. The molecule has 2 aliphatic rings. The molecule has 0 bridgehead atoms. The van der Waals surface area contributed by atoms with Crippen LogP contribution in [-0.2, 0) is 24.0 Å². The van der Waals surface area contributed by atoms with Gasteiger partial charge in [0, 0.05) is 12.6 Å². The number of halogens is 2. The minimum atomic E-state index is -2.28. The van der Waals surface area contributed by atoms with E-state index in [1.165, 1.54) is 18.0 Å². The number of thiocarbonyl (C=S) groups is 1. The van der Waals surface area contributed by atoms with E-state index in [4.69, 9.17) is 45.0 Å². The normalized spacial score (nSPS) is 25.8. The van der Waals surface area contributed by atoms with Gasteiger partial charge in [0.1, 0.15) is 23.1 Å².